The van der Waals surface area contributed by atoms with Crippen LogP contribution < -0.4 is 10.8 Å². The highest BCUT2D eigenvalue weighted by atomic mass is 16.4. The first-order valence-electron chi connectivity index (χ1n) is 5.55. The van der Waals surface area contributed by atoms with Gasteiger partial charge in [-0.25, -0.2) is 0 Å². The zero-order chi connectivity index (χ0) is 11.5. The predicted molar refractivity (Wildman–Crippen MR) is 64.5 cm³/mol. The van der Waals surface area contributed by atoms with Crippen molar-refractivity contribution < 1.29 is 10.0 Å². The summed E-state index contributed by atoms with van der Waals surface area (Å²) in [6.45, 7) is 3.01. The molecular formula is C11H17BN2O2. The van der Waals surface area contributed by atoms with Crippen molar-refractivity contribution in [3.05, 3.63) is 29.8 Å². The summed E-state index contributed by atoms with van der Waals surface area (Å²) in [4.78, 5) is 2.31. The van der Waals surface area contributed by atoms with E-state index in [-0.39, 0.29) is 0 Å². The molecule has 0 aliphatic carbocycles. The van der Waals surface area contributed by atoms with E-state index >= 15 is 0 Å². The molecule has 0 spiro atoms. The van der Waals surface area contributed by atoms with Gasteiger partial charge in [0.15, 0.2) is 0 Å². The molecular weight excluding hydrogens is 203 g/mol. The third-order valence-electron chi connectivity index (χ3n) is 3.13. The van der Waals surface area contributed by atoms with Crippen LogP contribution in [0, 0.1) is 0 Å². The molecule has 4 nitrogen and oxygen atoms in total. The van der Waals surface area contributed by atoms with E-state index in [2.05, 4.69) is 17.3 Å². The van der Waals surface area contributed by atoms with Gasteiger partial charge in [-0.1, -0.05) is 24.3 Å². The number of hydrogen-bond donors (Lipinski definition) is 3. The van der Waals surface area contributed by atoms with Crippen LogP contribution in [-0.4, -0.2) is 48.7 Å². The first-order chi connectivity index (χ1) is 7.68. The molecule has 0 amide bonds. The Morgan fingerprint density at radius 1 is 1.31 bits per heavy atom. The van der Waals surface area contributed by atoms with Crippen LogP contribution in [0.1, 0.15) is 11.6 Å². The van der Waals surface area contributed by atoms with Gasteiger partial charge < -0.3 is 15.4 Å². The van der Waals surface area contributed by atoms with Gasteiger partial charge in [-0.15, -0.1) is 0 Å². The van der Waals surface area contributed by atoms with E-state index in [1.807, 2.05) is 12.1 Å². The minimum Gasteiger partial charge on any atom is -0.423 e. The Kier molecular flexibility index (Phi) is 3.61. The van der Waals surface area contributed by atoms with Gasteiger partial charge in [0.1, 0.15) is 0 Å². The van der Waals surface area contributed by atoms with Gasteiger partial charge in [0.2, 0.25) is 0 Å². The minimum atomic E-state index is -1.38. The van der Waals surface area contributed by atoms with Crippen LogP contribution in [0.4, 0.5) is 0 Å². The van der Waals surface area contributed by atoms with Gasteiger partial charge in [-0.3, -0.25) is 4.90 Å². The number of piperazine rings is 1. The van der Waals surface area contributed by atoms with Crippen LogP contribution in [0.15, 0.2) is 24.3 Å². The van der Waals surface area contributed by atoms with Crippen LogP contribution in [-0.2, 0) is 0 Å². The third kappa shape index (κ3) is 2.44. The lowest BCUT2D eigenvalue weighted by Crippen LogP contribution is -2.43. The highest BCUT2D eigenvalue weighted by Gasteiger charge is 2.20. The first-order valence-corrected chi connectivity index (χ1v) is 5.55. The Labute approximate surface area is 96.0 Å². The number of nitrogens with one attached hydrogen (secondary N) is 1. The van der Waals surface area contributed by atoms with Crippen molar-refractivity contribution in [1.29, 1.82) is 0 Å². The smallest absolute Gasteiger partial charge is 0.423 e. The monoisotopic (exact) mass is 220 g/mol. The van der Waals surface area contributed by atoms with E-state index in [1.54, 1.807) is 12.1 Å². The maximum atomic E-state index is 9.01. The molecule has 1 aliphatic heterocycles. The normalized spacial score (nSPS) is 22.1. The van der Waals surface area contributed by atoms with Crippen LogP contribution in [0.25, 0.3) is 0 Å². The number of hydrogen-bond acceptors (Lipinski definition) is 4. The van der Waals surface area contributed by atoms with Crippen molar-refractivity contribution in [3.63, 3.8) is 0 Å². The molecule has 1 aromatic rings. The minimum absolute atomic E-state index is 0.374. The van der Waals surface area contributed by atoms with E-state index in [0.717, 1.165) is 19.6 Å². The van der Waals surface area contributed by atoms with Crippen LogP contribution >= 0.6 is 0 Å². The Bertz CT molecular complexity index is 342. The fourth-order valence-electron chi connectivity index (χ4n) is 2.07. The van der Waals surface area contributed by atoms with Gasteiger partial charge in [0, 0.05) is 25.7 Å². The Balaban J connectivity index is 2.14. The summed E-state index contributed by atoms with van der Waals surface area (Å²) in [7, 11) is 0.733. The molecule has 1 atom stereocenters. The van der Waals surface area contributed by atoms with E-state index in [1.165, 1.54) is 5.56 Å². The predicted octanol–water partition coefficient (Wildman–Crippen LogP) is -1.06. The number of rotatable bonds is 2. The second-order valence-electron chi connectivity index (χ2n) is 4.24. The average molecular weight is 220 g/mol. The molecule has 1 fully saturated rings. The maximum Gasteiger partial charge on any atom is 0.488 e. The summed E-state index contributed by atoms with van der Waals surface area (Å²) in [5.74, 6) is 0. The van der Waals surface area contributed by atoms with E-state index in [4.69, 9.17) is 10.0 Å². The molecule has 0 radical (unpaired) electrons. The van der Waals surface area contributed by atoms with Crippen molar-refractivity contribution in [3.8, 4) is 0 Å². The van der Waals surface area contributed by atoms with Gasteiger partial charge in [0.25, 0.3) is 0 Å². The molecule has 1 heterocycles. The van der Waals surface area contributed by atoms with Crippen molar-refractivity contribution in [1.82, 2.24) is 10.2 Å². The summed E-state index contributed by atoms with van der Waals surface area (Å²) >= 11 is 0. The highest BCUT2D eigenvalue weighted by molar-refractivity contribution is 6.58. The van der Waals surface area contributed by atoms with Crippen molar-refractivity contribution >= 4 is 12.6 Å². The van der Waals surface area contributed by atoms with Crippen LogP contribution in [0.2, 0.25) is 0 Å². The number of benzene rings is 1. The van der Waals surface area contributed by atoms with Gasteiger partial charge >= 0.3 is 7.12 Å². The summed E-state index contributed by atoms with van der Waals surface area (Å²) in [6.07, 6.45) is 0. The number of nitrogens with zero attached hydrogens (tertiary/aromatic N) is 1. The second-order valence-corrected chi connectivity index (χ2v) is 4.24. The molecule has 0 saturated carbocycles. The third-order valence-corrected chi connectivity index (χ3v) is 3.13. The average Bonchev–Trinajstić information content (AvgIpc) is 2.30. The van der Waals surface area contributed by atoms with E-state index in [9.17, 15) is 0 Å². The largest absolute Gasteiger partial charge is 0.488 e. The van der Waals surface area contributed by atoms with Crippen molar-refractivity contribution in [2.45, 2.75) is 6.04 Å². The second kappa shape index (κ2) is 4.97. The van der Waals surface area contributed by atoms with Gasteiger partial charge in [-0.2, -0.15) is 0 Å². The Morgan fingerprint density at radius 2 is 2.00 bits per heavy atom. The zero-order valence-electron chi connectivity index (χ0n) is 9.43. The fraction of sp³-hybridized carbons (Fsp3) is 0.455. The Morgan fingerprint density at radius 3 is 2.56 bits per heavy atom. The molecule has 86 valence electrons. The topological polar surface area (TPSA) is 55.7 Å². The maximum absolute atomic E-state index is 9.01. The molecule has 1 unspecified atom stereocenters. The molecule has 3 N–H and O–H groups in total. The lowest BCUT2D eigenvalue weighted by atomic mass is 9.80. The molecule has 0 aromatic heterocycles. The van der Waals surface area contributed by atoms with Gasteiger partial charge in [-0.05, 0) is 18.1 Å². The summed E-state index contributed by atoms with van der Waals surface area (Å²) < 4.78 is 0. The lowest BCUT2D eigenvalue weighted by molar-refractivity contribution is 0.202. The zero-order valence-corrected chi connectivity index (χ0v) is 9.43. The quantitative estimate of drug-likeness (QED) is 0.556. The molecule has 1 aromatic carbocycles. The van der Waals surface area contributed by atoms with Crippen LogP contribution in [0.5, 0.6) is 0 Å². The molecule has 2 rings (SSSR count). The van der Waals surface area contributed by atoms with Crippen molar-refractivity contribution in [2.24, 2.45) is 0 Å². The Hall–Kier alpha value is -0.875. The summed E-state index contributed by atoms with van der Waals surface area (Å²) in [5.41, 5.74) is 1.74. The van der Waals surface area contributed by atoms with Crippen LogP contribution in [0.3, 0.4) is 0 Å². The molecule has 1 saturated heterocycles. The molecule has 16 heavy (non-hydrogen) atoms. The highest BCUT2D eigenvalue weighted by Crippen LogP contribution is 2.19. The molecule has 5 heteroatoms. The molecule has 1 aliphatic rings. The SMILES string of the molecule is CN1CCNCC1c1ccc(B(O)O)cc1. The fourth-order valence-corrected chi connectivity index (χ4v) is 2.07. The molecule has 0 bridgehead atoms. The van der Waals surface area contributed by atoms with E-state index in [0.29, 0.717) is 11.5 Å². The lowest BCUT2D eigenvalue weighted by Gasteiger charge is -2.33. The summed E-state index contributed by atoms with van der Waals surface area (Å²) in [6, 6.07) is 7.83. The van der Waals surface area contributed by atoms with Crippen molar-refractivity contribution in [2.75, 3.05) is 26.7 Å². The first kappa shape index (κ1) is 11.6. The van der Waals surface area contributed by atoms with E-state index < -0.39 is 7.12 Å². The van der Waals surface area contributed by atoms with Gasteiger partial charge in [0.05, 0.1) is 0 Å². The number of likely N-dealkylation sites (N-methyl/N-ethyl adjacent to an activating group) is 1. The summed E-state index contributed by atoms with van der Waals surface area (Å²) in [5, 5.41) is 21.4. The standard InChI is InChI=1S/C11H17BN2O2/c1-14-7-6-13-8-11(14)9-2-4-10(5-3-9)12(15)16/h2-5,11,13,15-16H,6-8H2,1H3.